The fraction of sp³-hybridized carbons (Fsp3) is 0.0952. The van der Waals surface area contributed by atoms with E-state index in [2.05, 4.69) is 20.1 Å². The van der Waals surface area contributed by atoms with Crippen LogP contribution in [-0.2, 0) is 10.0 Å². The number of azide groups is 1. The van der Waals surface area contributed by atoms with E-state index in [0.29, 0.717) is 22.8 Å². The van der Waals surface area contributed by atoms with Crippen molar-refractivity contribution < 1.29 is 13.2 Å². The summed E-state index contributed by atoms with van der Waals surface area (Å²) in [5, 5.41) is 8.73. The van der Waals surface area contributed by atoms with Crippen LogP contribution in [-0.4, -0.2) is 26.8 Å². The first-order valence-corrected chi connectivity index (χ1v) is 11.1. The zero-order chi connectivity index (χ0) is 22.0. The molecule has 1 heterocycles. The molecule has 4 aromatic rings. The molecule has 1 aromatic heterocycles. The molecule has 0 fully saturated rings. The molecule has 0 saturated carbocycles. The number of pyridine rings is 1. The number of ether oxygens (including phenoxy) is 1. The average Bonchev–Trinajstić information content (AvgIpc) is 2.74. The van der Waals surface area contributed by atoms with E-state index in [1.54, 1.807) is 36.4 Å². The summed E-state index contributed by atoms with van der Waals surface area (Å²) in [5.41, 5.74) is 12.6. The smallest absolute Gasteiger partial charge is 0.229 e. The van der Waals surface area contributed by atoms with Crippen molar-refractivity contribution in [3.05, 3.63) is 71.1 Å². The maximum atomic E-state index is 11.5. The Morgan fingerprint density at radius 1 is 1.03 bits per heavy atom. The van der Waals surface area contributed by atoms with E-state index in [4.69, 9.17) is 15.3 Å². The second-order valence-corrected chi connectivity index (χ2v) is 8.56. The van der Waals surface area contributed by atoms with Gasteiger partial charge in [-0.3, -0.25) is 4.72 Å². The van der Waals surface area contributed by atoms with Crippen LogP contribution in [0, 0.1) is 0 Å². The lowest BCUT2D eigenvalue weighted by Crippen LogP contribution is -2.09. The third-order valence-electron chi connectivity index (χ3n) is 4.59. The number of rotatable bonds is 6. The monoisotopic (exact) mass is 434 g/mol. The van der Waals surface area contributed by atoms with Gasteiger partial charge in [-0.2, -0.15) is 0 Å². The summed E-state index contributed by atoms with van der Waals surface area (Å²) in [5.74, 6) is 0.453. The highest BCUT2D eigenvalue weighted by molar-refractivity contribution is 7.92. The van der Waals surface area contributed by atoms with E-state index in [1.807, 2.05) is 24.3 Å². The standard InChI is InChI=1S/C21H18N6O3S/c1-30-20-12-14(26-31(2,28)29)8-10-19(20)24-21-15-5-3-4-6-17(15)23-18-9-7-13(25-27-22)11-16(18)21/h3-12,26H,1-2H3,(H,23,24). The minimum absolute atomic E-state index is 0.389. The van der Waals surface area contributed by atoms with Crippen molar-refractivity contribution in [1.29, 1.82) is 0 Å². The highest BCUT2D eigenvalue weighted by Crippen LogP contribution is 2.38. The fourth-order valence-electron chi connectivity index (χ4n) is 3.33. The molecule has 0 amide bonds. The summed E-state index contributed by atoms with van der Waals surface area (Å²) in [4.78, 5) is 7.56. The molecular weight excluding hydrogens is 416 g/mol. The lowest BCUT2D eigenvalue weighted by Gasteiger charge is -2.17. The van der Waals surface area contributed by atoms with Crippen LogP contribution in [0.4, 0.5) is 22.7 Å². The van der Waals surface area contributed by atoms with Crippen LogP contribution >= 0.6 is 0 Å². The predicted octanol–water partition coefficient (Wildman–Crippen LogP) is 5.45. The molecule has 0 aliphatic heterocycles. The fourth-order valence-corrected chi connectivity index (χ4v) is 3.89. The van der Waals surface area contributed by atoms with E-state index in [0.717, 1.165) is 33.7 Å². The van der Waals surface area contributed by atoms with Gasteiger partial charge >= 0.3 is 0 Å². The second kappa shape index (κ2) is 8.02. The molecule has 0 atom stereocenters. The Labute approximate surface area is 178 Å². The lowest BCUT2D eigenvalue weighted by atomic mass is 10.1. The molecule has 4 rings (SSSR count). The van der Waals surface area contributed by atoms with Gasteiger partial charge in [-0.25, -0.2) is 13.4 Å². The van der Waals surface area contributed by atoms with Crippen molar-refractivity contribution in [2.24, 2.45) is 5.11 Å². The summed E-state index contributed by atoms with van der Waals surface area (Å²) < 4.78 is 31.0. The normalized spacial score (nSPS) is 11.2. The Bertz CT molecular complexity index is 1460. The van der Waals surface area contributed by atoms with Crippen molar-refractivity contribution in [2.45, 2.75) is 0 Å². The van der Waals surface area contributed by atoms with Gasteiger partial charge in [0, 0.05) is 27.4 Å². The summed E-state index contributed by atoms with van der Waals surface area (Å²) in [6, 6.07) is 17.9. The number of benzene rings is 3. The molecule has 0 unspecified atom stereocenters. The van der Waals surface area contributed by atoms with Gasteiger partial charge in [0.05, 0.1) is 41.5 Å². The first kappa shape index (κ1) is 20.3. The molecule has 0 aliphatic carbocycles. The van der Waals surface area contributed by atoms with Gasteiger partial charge in [0.2, 0.25) is 10.0 Å². The number of hydrogen-bond acceptors (Lipinski definition) is 6. The minimum atomic E-state index is -3.42. The topological polar surface area (TPSA) is 129 Å². The molecule has 9 nitrogen and oxygen atoms in total. The van der Waals surface area contributed by atoms with Gasteiger partial charge in [-0.1, -0.05) is 29.4 Å². The van der Waals surface area contributed by atoms with Crippen molar-refractivity contribution in [3.63, 3.8) is 0 Å². The molecule has 2 N–H and O–H groups in total. The van der Waals surface area contributed by atoms with Crippen LogP contribution in [0.3, 0.4) is 0 Å². The van der Waals surface area contributed by atoms with Gasteiger partial charge < -0.3 is 10.1 Å². The zero-order valence-corrected chi connectivity index (χ0v) is 17.5. The van der Waals surface area contributed by atoms with Gasteiger partial charge in [0.25, 0.3) is 0 Å². The Morgan fingerprint density at radius 2 is 1.81 bits per heavy atom. The highest BCUT2D eigenvalue weighted by atomic mass is 32.2. The number of methoxy groups -OCH3 is 1. The van der Waals surface area contributed by atoms with E-state index >= 15 is 0 Å². The summed E-state index contributed by atoms with van der Waals surface area (Å²) in [6.45, 7) is 0. The summed E-state index contributed by atoms with van der Waals surface area (Å²) in [7, 11) is -1.91. The van der Waals surface area contributed by atoms with Gasteiger partial charge in [0.1, 0.15) is 5.75 Å². The summed E-state index contributed by atoms with van der Waals surface area (Å²) in [6.07, 6.45) is 1.09. The highest BCUT2D eigenvalue weighted by Gasteiger charge is 2.13. The molecule has 0 aliphatic rings. The number of anilines is 3. The van der Waals surface area contributed by atoms with Crippen LogP contribution in [0.25, 0.3) is 32.2 Å². The maximum absolute atomic E-state index is 11.5. The van der Waals surface area contributed by atoms with Gasteiger partial charge in [0.15, 0.2) is 0 Å². The molecule has 156 valence electrons. The lowest BCUT2D eigenvalue weighted by molar-refractivity contribution is 0.417. The Morgan fingerprint density at radius 3 is 2.55 bits per heavy atom. The second-order valence-electron chi connectivity index (χ2n) is 6.81. The van der Waals surface area contributed by atoms with Crippen molar-refractivity contribution in [1.82, 2.24) is 4.98 Å². The van der Waals surface area contributed by atoms with Crippen LogP contribution < -0.4 is 14.8 Å². The van der Waals surface area contributed by atoms with Gasteiger partial charge in [-0.15, -0.1) is 0 Å². The first-order valence-electron chi connectivity index (χ1n) is 9.18. The number of hydrogen-bond donors (Lipinski definition) is 2. The third kappa shape index (κ3) is 4.30. The SMILES string of the molecule is COc1cc(NS(C)(=O)=O)ccc1Nc1c2ccccc2nc2ccc(N=[N+]=[N-])cc12. The van der Waals surface area contributed by atoms with Crippen LogP contribution in [0.2, 0.25) is 0 Å². The van der Waals surface area contributed by atoms with Crippen molar-refractivity contribution in [2.75, 3.05) is 23.4 Å². The van der Waals surface area contributed by atoms with Crippen LogP contribution in [0.5, 0.6) is 5.75 Å². The van der Waals surface area contributed by atoms with Crippen LogP contribution in [0.15, 0.2) is 65.8 Å². The number of nitrogens with zero attached hydrogens (tertiary/aromatic N) is 4. The van der Waals surface area contributed by atoms with Crippen molar-refractivity contribution >= 4 is 54.6 Å². The van der Waals surface area contributed by atoms with Crippen LogP contribution in [0.1, 0.15) is 0 Å². The Balaban J connectivity index is 1.90. The van der Waals surface area contributed by atoms with E-state index < -0.39 is 10.0 Å². The zero-order valence-electron chi connectivity index (χ0n) is 16.7. The number of para-hydroxylation sites is 1. The van der Waals surface area contributed by atoms with Crippen molar-refractivity contribution in [3.8, 4) is 5.75 Å². The molecule has 3 aromatic carbocycles. The number of nitrogens with one attached hydrogen (secondary N) is 2. The predicted molar refractivity (Wildman–Crippen MR) is 123 cm³/mol. The molecule has 0 bridgehead atoms. The Hall–Kier alpha value is -4.01. The summed E-state index contributed by atoms with van der Waals surface area (Å²) >= 11 is 0. The van der Waals surface area contributed by atoms with E-state index in [9.17, 15) is 8.42 Å². The molecule has 10 heteroatoms. The largest absolute Gasteiger partial charge is 0.494 e. The third-order valence-corrected chi connectivity index (χ3v) is 5.19. The first-order chi connectivity index (χ1) is 14.9. The molecule has 0 radical (unpaired) electrons. The number of aromatic nitrogens is 1. The number of fused-ring (bicyclic) bond motifs is 2. The van der Waals surface area contributed by atoms with E-state index in [-0.39, 0.29) is 0 Å². The quantitative estimate of drug-likeness (QED) is 0.180. The molecule has 0 spiro atoms. The molecular formula is C21H18N6O3S. The molecule has 31 heavy (non-hydrogen) atoms. The maximum Gasteiger partial charge on any atom is 0.229 e. The average molecular weight is 434 g/mol. The number of sulfonamides is 1. The Kier molecular flexibility index (Phi) is 5.24. The minimum Gasteiger partial charge on any atom is -0.494 e. The molecule has 0 saturated heterocycles. The van der Waals surface area contributed by atoms with E-state index in [1.165, 1.54) is 7.11 Å². The van der Waals surface area contributed by atoms with Gasteiger partial charge in [-0.05, 0) is 35.9 Å².